The number of esters is 1. The molecule has 1 heterocycles. The van der Waals surface area contributed by atoms with Crippen molar-refractivity contribution in [1.29, 1.82) is 0 Å². The molecule has 0 bridgehead atoms. The minimum Gasteiger partial charge on any atom is -0.464 e. The maximum atomic E-state index is 11.2. The molecule has 0 amide bonds. The topological polar surface area (TPSA) is 44.1 Å². The van der Waals surface area contributed by atoms with Crippen LogP contribution in [0.5, 0.6) is 0 Å². The number of carbonyl (C=O) groups excluding carboxylic acids is 1. The third-order valence-electron chi connectivity index (χ3n) is 1.65. The lowest BCUT2D eigenvalue weighted by Gasteiger charge is -2.03. The lowest BCUT2D eigenvalue weighted by molar-refractivity contribution is 0.0591. The largest absolute Gasteiger partial charge is 0.464 e. The van der Waals surface area contributed by atoms with Crippen LogP contribution in [0, 0.1) is 9.49 Å². The van der Waals surface area contributed by atoms with Crippen molar-refractivity contribution in [3.05, 3.63) is 15.5 Å². The molecule has 1 rings (SSSR count). The van der Waals surface area contributed by atoms with E-state index in [1.165, 1.54) is 7.11 Å². The van der Waals surface area contributed by atoms with Crippen LogP contribution >= 0.6 is 22.6 Å². The van der Waals surface area contributed by atoms with E-state index in [0.29, 0.717) is 11.6 Å². The molecule has 5 heteroatoms. The molecule has 78 valence electrons. The van der Waals surface area contributed by atoms with Gasteiger partial charge in [-0.1, -0.05) is 13.8 Å². The molecule has 0 atom stereocenters. The Kier molecular flexibility index (Phi) is 3.91. The number of hydrogen-bond acceptors (Lipinski definition) is 3. The summed E-state index contributed by atoms with van der Waals surface area (Å²) >= 11 is 2.08. The summed E-state index contributed by atoms with van der Waals surface area (Å²) in [6.45, 7) is 5.02. The molecule has 0 aliphatic heterocycles. The third-order valence-corrected chi connectivity index (χ3v) is 2.44. The first kappa shape index (κ1) is 11.5. The molecule has 0 saturated carbocycles. The van der Waals surface area contributed by atoms with E-state index in [-0.39, 0.29) is 5.97 Å². The van der Waals surface area contributed by atoms with Gasteiger partial charge in [-0.05, 0) is 28.5 Å². The van der Waals surface area contributed by atoms with Crippen molar-refractivity contribution in [2.24, 2.45) is 5.92 Å². The molecule has 14 heavy (non-hydrogen) atoms. The number of rotatable bonds is 3. The number of aromatic nitrogens is 2. The standard InChI is InChI=1S/C9H13IN2O2/c1-6(2)4-12-5-7(10)8(11-12)9(13)14-3/h5-6H,4H2,1-3H3. The highest BCUT2D eigenvalue weighted by atomic mass is 127. The van der Waals surface area contributed by atoms with Crippen molar-refractivity contribution >= 4 is 28.6 Å². The maximum Gasteiger partial charge on any atom is 0.359 e. The van der Waals surface area contributed by atoms with Crippen LogP contribution in [-0.2, 0) is 11.3 Å². The lowest BCUT2D eigenvalue weighted by Crippen LogP contribution is -2.08. The van der Waals surface area contributed by atoms with Gasteiger partial charge < -0.3 is 4.74 Å². The predicted octanol–water partition coefficient (Wildman–Crippen LogP) is 1.93. The van der Waals surface area contributed by atoms with E-state index in [0.717, 1.165) is 10.1 Å². The highest BCUT2D eigenvalue weighted by molar-refractivity contribution is 14.1. The summed E-state index contributed by atoms with van der Waals surface area (Å²) in [5, 5.41) is 4.16. The second-order valence-corrected chi connectivity index (χ2v) is 4.60. The van der Waals surface area contributed by atoms with E-state index >= 15 is 0 Å². The first-order valence-electron chi connectivity index (χ1n) is 4.36. The number of methoxy groups -OCH3 is 1. The predicted molar refractivity (Wildman–Crippen MR) is 61.1 cm³/mol. The molecule has 0 aliphatic carbocycles. The number of hydrogen-bond donors (Lipinski definition) is 0. The van der Waals surface area contributed by atoms with Crippen LogP contribution in [0.15, 0.2) is 6.20 Å². The van der Waals surface area contributed by atoms with Gasteiger partial charge in [-0.3, -0.25) is 4.68 Å². The number of carbonyl (C=O) groups is 1. The van der Waals surface area contributed by atoms with Crippen molar-refractivity contribution in [2.45, 2.75) is 20.4 Å². The third kappa shape index (κ3) is 2.70. The van der Waals surface area contributed by atoms with E-state index < -0.39 is 0 Å². The average molecular weight is 308 g/mol. The molecule has 0 aromatic carbocycles. The number of halogens is 1. The molecule has 0 radical (unpaired) electrons. The SMILES string of the molecule is COC(=O)c1nn(CC(C)C)cc1I. The molecule has 0 unspecified atom stereocenters. The highest BCUT2D eigenvalue weighted by Crippen LogP contribution is 2.12. The summed E-state index contributed by atoms with van der Waals surface area (Å²) in [5.41, 5.74) is 0.397. The van der Waals surface area contributed by atoms with Gasteiger partial charge in [0.05, 0.1) is 10.7 Å². The van der Waals surface area contributed by atoms with E-state index in [2.05, 4.69) is 46.3 Å². The van der Waals surface area contributed by atoms with E-state index in [4.69, 9.17) is 0 Å². The van der Waals surface area contributed by atoms with Crippen molar-refractivity contribution in [1.82, 2.24) is 9.78 Å². The molecular weight excluding hydrogens is 295 g/mol. The van der Waals surface area contributed by atoms with Crippen LogP contribution in [0.25, 0.3) is 0 Å². The average Bonchev–Trinajstić information content (AvgIpc) is 2.44. The Morgan fingerprint density at radius 1 is 1.71 bits per heavy atom. The first-order valence-corrected chi connectivity index (χ1v) is 5.43. The molecule has 1 aromatic heterocycles. The van der Waals surface area contributed by atoms with Gasteiger partial charge in [0.1, 0.15) is 0 Å². The maximum absolute atomic E-state index is 11.2. The van der Waals surface area contributed by atoms with Gasteiger partial charge in [0.25, 0.3) is 0 Å². The Morgan fingerprint density at radius 3 is 2.86 bits per heavy atom. The number of ether oxygens (including phenoxy) is 1. The molecule has 1 aromatic rings. The summed E-state index contributed by atoms with van der Waals surface area (Å²) in [5.74, 6) is 0.133. The summed E-state index contributed by atoms with van der Waals surface area (Å²) in [6.07, 6.45) is 1.85. The normalized spacial score (nSPS) is 10.6. The van der Waals surface area contributed by atoms with Crippen LogP contribution in [-0.4, -0.2) is 22.9 Å². The minimum absolute atomic E-state index is 0.378. The van der Waals surface area contributed by atoms with Gasteiger partial charge in [-0.2, -0.15) is 5.10 Å². The molecular formula is C9H13IN2O2. The van der Waals surface area contributed by atoms with E-state index in [1.54, 1.807) is 4.68 Å². The zero-order valence-corrected chi connectivity index (χ0v) is 10.6. The fraction of sp³-hybridized carbons (Fsp3) is 0.556. The smallest absolute Gasteiger partial charge is 0.359 e. The van der Waals surface area contributed by atoms with Crippen LogP contribution in [0.2, 0.25) is 0 Å². The fourth-order valence-electron chi connectivity index (χ4n) is 1.10. The van der Waals surface area contributed by atoms with Crippen molar-refractivity contribution in [2.75, 3.05) is 7.11 Å². The second-order valence-electron chi connectivity index (χ2n) is 3.43. The molecule has 4 nitrogen and oxygen atoms in total. The minimum atomic E-state index is -0.378. The van der Waals surface area contributed by atoms with Gasteiger partial charge in [0.15, 0.2) is 5.69 Å². The van der Waals surface area contributed by atoms with Gasteiger partial charge in [0, 0.05) is 12.7 Å². The Hall–Kier alpha value is -0.590. The Bertz CT molecular complexity index is 334. The molecule has 0 aliphatic rings. The number of nitrogens with zero attached hydrogens (tertiary/aromatic N) is 2. The second kappa shape index (κ2) is 4.77. The van der Waals surface area contributed by atoms with Crippen molar-refractivity contribution < 1.29 is 9.53 Å². The van der Waals surface area contributed by atoms with Crippen LogP contribution in [0.3, 0.4) is 0 Å². The lowest BCUT2D eigenvalue weighted by atomic mass is 10.2. The van der Waals surface area contributed by atoms with Crippen molar-refractivity contribution in [3.8, 4) is 0 Å². The van der Waals surface area contributed by atoms with Gasteiger partial charge in [-0.25, -0.2) is 4.79 Å². The molecule has 0 fully saturated rings. The first-order chi connectivity index (χ1) is 6.54. The fourth-order valence-corrected chi connectivity index (χ4v) is 1.75. The quantitative estimate of drug-likeness (QED) is 0.633. The van der Waals surface area contributed by atoms with Crippen LogP contribution < -0.4 is 0 Å². The van der Waals surface area contributed by atoms with Crippen molar-refractivity contribution in [3.63, 3.8) is 0 Å². The summed E-state index contributed by atoms with van der Waals surface area (Å²) in [4.78, 5) is 11.2. The highest BCUT2D eigenvalue weighted by Gasteiger charge is 2.15. The molecule has 0 spiro atoms. The monoisotopic (exact) mass is 308 g/mol. The molecule has 0 saturated heterocycles. The summed E-state index contributed by atoms with van der Waals surface area (Å²) in [7, 11) is 1.36. The van der Waals surface area contributed by atoms with Gasteiger partial charge in [-0.15, -0.1) is 0 Å². The molecule has 0 N–H and O–H groups in total. The Morgan fingerprint density at radius 2 is 2.36 bits per heavy atom. The summed E-state index contributed by atoms with van der Waals surface area (Å²) < 4.78 is 7.22. The zero-order valence-electron chi connectivity index (χ0n) is 8.45. The Balaban J connectivity index is 2.87. The zero-order chi connectivity index (χ0) is 10.7. The van der Waals surface area contributed by atoms with E-state index in [1.807, 2.05) is 6.20 Å². The Labute approximate surface area is 96.8 Å². The van der Waals surface area contributed by atoms with Crippen LogP contribution in [0.1, 0.15) is 24.3 Å². The van der Waals surface area contributed by atoms with Gasteiger partial charge >= 0.3 is 5.97 Å². The van der Waals surface area contributed by atoms with Gasteiger partial charge in [0.2, 0.25) is 0 Å². The van der Waals surface area contributed by atoms with E-state index in [9.17, 15) is 4.79 Å². The summed E-state index contributed by atoms with van der Waals surface area (Å²) in [6, 6.07) is 0. The van der Waals surface area contributed by atoms with Crippen LogP contribution in [0.4, 0.5) is 0 Å².